The Morgan fingerprint density at radius 1 is 0.976 bits per heavy atom. The fourth-order valence-corrected chi connectivity index (χ4v) is 9.86. The van der Waals surface area contributed by atoms with Crippen molar-refractivity contribution in [2.24, 2.45) is 0 Å². The maximum absolute atomic E-state index is 11.4. The summed E-state index contributed by atoms with van der Waals surface area (Å²) in [5.74, 6) is -0.840. The van der Waals surface area contributed by atoms with Crippen LogP contribution in [0.3, 0.4) is 0 Å². The van der Waals surface area contributed by atoms with Crippen LogP contribution in [-0.4, -0.2) is 44.0 Å². The predicted molar refractivity (Wildman–Crippen MR) is 171 cm³/mol. The molecule has 0 aliphatic carbocycles. The molecule has 42 heavy (non-hydrogen) atoms. The van der Waals surface area contributed by atoms with Crippen molar-refractivity contribution in [3.05, 3.63) is 68.5 Å². The lowest BCUT2D eigenvalue weighted by atomic mass is 10.1. The van der Waals surface area contributed by atoms with E-state index in [-0.39, 0.29) is 12.8 Å². The van der Waals surface area contributed by atoms with Crippen LogP contribution in [0.2, 0.25) is 0 Å². The third kappa shape index (κ3) is 6.93. The minimum absolute atomic E-state index is 0.208. The molecule has 1 aliphatic heterocycles. The van der Waals surface area contributed by atoms with Crippen LogP contribution in [0.15, 0.2) is 58.0 Å². The summed E-state index contributed by atoms with van der Waals surface area (Å²) < 4.78 is 71.3. The van der Waals surface area contributed by atoms with Gasteiger partial charge in [0.15, 0.2) is 6.54 Å². The molecule has 0 atom stereocenters. The van der Waals surface area contributed by atoms with Crippen molar-refractivity contribution in [2.45, 2.75) is 51.5 Å². The Bertz CT molecular complexity index is 1940. The van der Waals surface area contributed by atoms with E-state index in [1.807, 2.05) is 18.2 Å². The fourth-order valence-electron chi connectivity index (χ4n) is 5.03. The Balaban J connectivity index is 1.55. The molecule has 0 N–H and O–H groups in total. The fraction of sp³-hybridized carbons (Fsp3) is 0.345. The van der Waals surface area contributed by atoms with E-state index >= 15 is 0 Å². The van der Waals surface area contributed by atoms with Crippen LogP contribution in [0.4, 0.5) is 5.69 Å². The molecule has 0 saturated carbocycles. The van der Waals surface area contributed by atoms with Gasteiger partial charge in [-0.15, -0.1) is 0 Å². The average molecular weight is 664 g/mol. The molecule has 2 aromatic heterocycles. The molecule has 2 aromatic carbocycles. The van der Waals surface area contributed by atoms with E-state index in [4.69, 9.17) is 0 Å². The Labute approximate surface area is 258 Å². The topological polar surface area (TPSA) is 122 Å². The molecule has 0 bridgehead atoms. The minimum atomic E-state index is -4.33. The molecule has 224 valence electrons. The Morgan fingerprint density at radius 3 is 2.40 bits per heavy atom. The number of fused-ring (bicyclic) bond motifs is 4. The summed E-state index contributed by atoms with van der Waals surface area (Å²) in [5, 5.41) is 4.07. The minimum Gasteiger partial charge on any atom is -0.748 e. The summed E-state index contributed by atoms with van der Waals surface area (Å²) in [7, 11) is -8.63. The first kappa shape index (κ1) is 31.2. The van der Waals surface area contributed by atoms with Crippen molar-refractivity contribution in [1.82, 2.24) is 0 Å². The third-order valence-electron chi connectivity index (χ3n) is 7.22. The van der Waals surface area contributed by atoms with Gasteiger partial charge in [0.05, 0.1) is 31.0 Å². The number of rotatable bonds is 11. The van der Waals surface area contributed by atoms with E-state index < -0.39 is 31.7 Å². The number of benzene rings is 2. The van der Waals surface area contributed by atoms with Crippen LogP contribution in [-0.2, 0) is 26.8 Å². The van der Waals surface area contributed by atoms with Crippen molar-refractivity contribution in [3.8, 4) is 0 Å². The molecule has 8 nitrogen and oxygen atoms in total. The molecular weight excluding hydrogens is 633 g/mol. The highest BCUT2D eigenvalue weighted by atomic mass is 32.2. The molecule has 5 rings (SSSR count). The Kier molecular flexibility index (Phi) is 9.19. The van der Waals surface area contributed by atoms with Gasteiger partial charge in [-0.05, 0) is 55.4 Å². The number of thiazole rings is 1. The van der Waals surface area contributed by atoms with Crippen molar-refractivity contribution in [2.75, 3.05) is 23.0 Å². The maximum atomic E-state index is 11.4. The van der Waals surface area contributed by atoms with E-state index in [0.717, 1.165) is 52.9 Å². The second-order valence-corrected chi connectivity index (χ2v) is 16.5. The van der Waals surface area contributed by atoms with Gasteiger partial charge in [-0.25, -0.2) is 16.8 Å². The number of aromatic nitrogens is 1. The van der Waals surface area contributed by atoms with Crippen molar-refractivity contribution < 1.29 is 30.5 Å². The van der Waals surface area contributed by atoms with Gasteiger partial charge >= 0.3 is 0 Å². The smallest absolute Gasteiger partial charge is 0.280 e. The lowest BCUT2D eigenvalue weighted by molar-refractivity contribution is -0.666. The maximum Gasteiger partial charge on any atom is 0.280 e. The van der Waals surface area contributed by atoms with Gasteiger partial charge in [0.25, 0.3) is 9.84 Å². The number of aryl methyl sites for hydroxylation is 3. The van der Waals surface area contributed by atoms with Gasteiger partial charge in [0.2, 0.25) is 0 Å². The first-order valence-electron chi connectivity index (χ1n) is 13.5. The van der Waals surface area contributed by atoms with Gasteiger partial charge in [-0.1, -0.05) is 71.7 Å². The molecule has 0 unspecified atom stereocenters. The van der Waals surface area contributed by atoms with Crippen LogP contribution >= 0.6 is 34.4 Å². The van der Waals surface area contributed by atoms with Gasteiger partial charge < -0.3 is 14.0 Å². The van der Waals surface area contributed by atoms with Crippen LogP contribution in [0.25, 0.3) is 26.4 Å². The molecule has 0 spiro atoms. The van der Waals surface area contributed by atoms with Crippen molar-refractivity contribution >= 4 is 86.7 Å². The van der Waals surface area contributed by atoms with Crippen molar-refractivity contribution in [3.63, 3.8) is 0 Å². The second kappa shape index (κ2) is 12.4. The van der Waals surface area contributed by atoms with Crippen LogP contribution in [0.1, 0.15) is 41.6 Å². The second-order valence-electron chi connectivity index (χ2n) is 10.2. The number of allylic oxidation sites excluding steroid dienone is 2. The first-order chi connectivity index (χ1) is 19.8. The van der Waals surface area contributed by atoms with Crippen LogP contribution < -0.4 is 9.47 Å². The molecule has 0 saturated heterocycles. The van der Waals surface area contributed by atoms with Crippen LogP contribution in [0.5, 0.6) is 0 Å². The molecule has 1 aliphatic rings. The van der Waals surface area contributed by atoms with E-state index in [0.29, 0.717) is 13.1 Å². The number of hydrogen-bond acceptors (Lipinski definition) is 10. The largest absolute Gasteiger partial charge is 0.748 e. The number of nitrogens with zero attached hydrogens (tertiary/aromatic N) is 2. The molecule has 4 aromatic rings. The number of hydrogen-bond donors (Lipinski definition) is 0. The SMILES string of the molecule is CCC(=Cc1sc2c(C)c(C)sc2[n+]1CCCS(=O)(=O)[O-])C=C1Sc2ccc3ccccc3c2N1CCCS(=O)(=O)[O-]. The zero-order chi connectivity index (χ0) is 30.2. The zero-order valence-electron chi connectivity index (χ0n) is 23.5. The molecule has 3 heterocycles. The summed E-state index contributed by atoms with van der Waals surface area (Å²) in [6.07, 6.45) is 5.40. The molecule has 0 amide bonds. The number of thiophene rings is 1. The highest BCUT2D eigenvalue weighted by Gasteiger charge is 2.28. The lowest BCUT2D eigenvalue weighted by Gasteiger charge is -2.22. The van der Waals surface area contributed by atoms with E-state index in [9.17, 15) is 25.9 Å². The highest BCUT2D eigenvalue weighted by Crippen LogP contribution is 2.50. The first-order valence-corrected chi connectivity index (χ1v) is 19.1. The van der Waals surface area contributed by atoms with Gasteiger partial charge in [-0.2, -0.15) is 4.57 Å². The molecule has 0 radical (unpaired) electrons. The quantitative estimate of drug-likeness (QED) is 0.139. The summed E-state index contributed by atoms with van der Waals surface area (Å²) >= 11 is 4.94. The summed E-state index contributed by atoms with van der Waals surface area (Å²) in [6, 6.07) is 12.2. The third-order valence-corrected chi connectivity index (χ3v) is 12.5. The molecular formula is C29H31N2O6S5-. The predicted octanol–water partition coefficient (Wildman–Crippen LogP) is 6.14. The zero-order valence-corrected chi connectivity index (χ0v) is 27.5. The van der Waals surface area contributed by atoms with E-state index in [1.165, 1.54) is 10.4 Å². The van der Waals surface area contributed by atoms with Crippen molar-refractivity contribution in [1.29, 1.82) is 0 Å². The summed E-state index contributed by atoms with van der Waals surface area (Å²) in [5.41, 5.74) is 3.26. The summed E-state index contributed by atoms with van der Waals surface area (Å²) in [4.78, 5) is 5.46. The van der Waals surface area contributed by atoms with Gasteiger partial charge in [0, 0.05) is 45.7 Å². The van der Waals surface area contributed by atoms with E-state index in [2.05, 4.69) is 60.6 Å². The lowest BCUT2D eigenvalue weighted by Crippen LogP contribution is -2.35. The van der Waals surface area contributed by atoms with E-state index in [1.54, 1.807) is 34.4 Å². The molecule has 13 heteroatoms. The standard InChI is InChI=1S/C29H32N2O6S5/c1-4-21(18-26-31(14-8-16-42(35,36)37)29-28(40-26)19(2)20(3)38-29)17-25-30(13-7-15-41(32,33)34)27-23-10-6-5-9-22(23)11-12-24(27)39-25/h5-6,9-12,17-18H,4,7-8,13-16H2,1-3H3,(H-,32,33,34,35,36,37)/p-1. The Hall–Kier alpha value is -2.26. The molecule has 0 fully saturated rings. The summed E-state index contributed by atoms with van der Waals surface area (Å²) in [6.45, 7) is 7.03. The average Bonchev–Trinajstić information content (AvgIpc) is 3.53. The highest BCUT2D eigenvalue weighted by molar-refractivity contribution is 8.03. The van der Waals surface area contributed by atoms with Gasteiger partial charge in [-0.3, -0.25) is 0 Å². The van der Waals surface area contributed by atoms with Crippen LogP contribution in [0, 0.1) is 13.8 Å². The monoisotopic (exact) mass is 663 g/mol. The Morgan fingerprint density at radius 2 is 1.69 bits per heavy atom. The normalized spacial score (nSPS) is 15.4. The number of thioether (sulfide) groups is 1. The van der Waals surface area contributed by atoms with Gasteiger partial charge in [0.1, 0.15) is 4.70 Å². The number of anilines is 1.